The Kier molecular flexibility index (Phi) is 3.65. The molecule has 1 aromatic carbocycles. The van der Waals surface area contributed by atoms with Crippen molar-refractivity contribution in [1.82, 2.24) is 4.57 Å². The van der Waals surface area contributed by atoms with Crippen molar-refractivity contribution in [2.75, 3.05) is 0 Å². The van der Waals surface area contributed by atoms with Gasteiger partial charge < -0.3 is 9.67 Å². The molecule has 0 unspecified atom stereocenters. The monoisotopic (exact) mass is 259 g/mol. The van der Waals surface area contributed by atoms with Gasteiger partial charge in [-0.1, -0.05) is 25.5 Å². The maximum absolute atomic E-state index is 11.6. The van der Waals surface area contributed by atoms with E-state index in [2.05, 4.69) is 25.3 Å². The summed E-state index contributed by atoms with van der Waals surface area (Å²) in [6, 6.07) is 3.95. The van der Waals surface area contributed by atoms with Gasteiger partial charge in [-0.05, 0) is 38.3 Å². The molecule has 2 rings (SSSR count). The minimum atomic E-state index is -0.835. The first-order chi connectivity index (χ1) is 8.99. The van der Waals surface area contributed by atoms with E-state index in [4.69, 9.17) is 0 Å². The highest BCUT2D eigenvalue weighted by Crippen LogP contribution is 2.30. The summed E-state index contributed by atoms with van der Waals surface area (Å²) >= 11 is 0. The van der Waals surface area contributed by atoms with E-state index in [0.717, 1.165) is 35.9 Å². The summed E-state index contributed by atoms with van der Waals surface area (Å²) in [6.45, 7) is 9.05. The number of fused-ring (bicyclic) bond motifs is 1. The fourth-order valence-electron chi connectivity index (χ4n) is 2.71. The van der Waals surface area contributed by atoms with Crippen LogP contribution in [0.4, 0.5) is 0 Å². The van der Waals surface area contributed by atoms with E-state index in [9.17, 15) is 9.90 Å². The van der Waals surface area contributed by atoms with Crippen molar-refractivity contribution in [3.63, 3.8) is 0 Å². The predicted molar refractivity (Wildman–Crippen MR) is 78.0 cm³/mol. The SMILES string of the molecule is CCCCn1c(C)c(C)c2ccc(C)c(C(=O)O)c21. The highest BCUT2D eigenvalue weighted by Gasteiger charge is 2.19. The van der Waals surface area contributed by atoms with Crippen molar-refractivity contribution in [1.29, 1.82) is 0 Å². The second-order valence-electron chi connectivity index (χ2n) is 5.17. The van der Waals surface area contributed by atoms with Gasteiger partial charge in [-0.15, -0.1) is 0 Å². The third kappa shape index (κ3) is 2.14. The number of nitrogens with zero attached hydrogens (tertiary/aromatic N) is 1. The predicted octanol–water partition coefficient (Wildman–Crippen LogP) is 4.06. The van der Waals surface area contributed by atoms with Gasteiger partial charge in [0.1, 0.15) is 0 Å². The molecule has 1 aromatic heterocycles. The molecule has 102 valence electrons. The van der Waals surface area contributed by atoms with Crippen molar-refractivity contribution in [3.05, 3.63) is 34.5 Å². The topological polar surface area (TPSA) is 42.2 Å². The summed E-state index contributed by atoms with van der Waals surface area (Å²) in [4.78, 5) is 11.6. The first kappa shape index (κ1) is 13.7. The van der Waals surface area contributed by atoms with Crippen molar-refractivity contribution < 1.29 is 9.90 Å². The Bertz CT molecular complexity index is 638. The van der Waals surface area contributed by atoms with Crippen LogP contribution in [0.15, 0.2) is 12.1 Å². The Morgan fingerprint density at radius 1 is 1.26 bits per heavy atom. The van der Waals surface area contributed by atoms with E-state index in [1.54, 1.807) is 0 Å². The molecule has 0 saturated carbocycles. The maximum Gasteiger partial charge on any atom is 0.338 e. The Hall–Kier alpha value is -1.77. The molecule has 1 N–H and O–H groups in total. The van der Waals surface area contributed by atoms with E-state index in [-0.39, 0.29) is 0 Å². The van der Waals surface area contributed by atoms with E-state index < -0.39 is 5.97 Å². The van der Waals surface area contributed by atoms with Crippen LogP contribution in [-0.2, 0) is 6.54 Å². The van der Waals surface area contributed by atoms with Crippen LogP contribution in [0, 0.1) is 20.8 Å². The zero-order valence-electron chi connectivity index (χ0n) is 12.1. The lowest BCUT2D eigenvalue weighted by molar-refractivity contribution is 0.0698. The van der Waals surface area contributed by atoms with Gasteiger partial charge in [0.2, 0.25) is 0 Å². The molecular weight excluding hydrogens is 238 g/mol. The molecule has 1 heterocycles. The Labute approximate surface area is 113 Å². The highest BCUT2D eigenvalue weighted by molar-refractivity contribution is 6.05. The number of carboxylic acid groups (broad SMARTS) is 1. The van der Waals surface area contributed by atoms with Crippen LogP contribution < -0.4 is 0 Å². The summed E-state index contributed by atoms with van der Waals surface area (Å²) in [7, 11) is 0. The number of hydrogen-bond donors (Lipinski definition) is 1. The third-order valence-corrected chi connectivity index (χ3v) is 3.96. The Balaban J connectivity index is 2.82. The fraction of sp³-hybridized carbons (Fsp3) is 0.438. The molecule has 19 heavy (non-hydrogen) atoms. The molecule has 0 aliphatic heterocycles. The molecule has 0 aliphatic rings. The van der Waals surface area contributed by atoms with Crippen LogP contribution in [0.25, 0.3) is 10.9 Å². The van der Waals surface area contributed by atoms with E-state index >= 15 is 0 Å². The Morgan fingerprint density at radius 2 is 1.95 bits per heavy atom. The number of carbonyl (C=O) groups is 1. The van der Waals surface area contributed by atoms with Gasteiger partial charge in [0.05, 0.1) is 11.1 Å². The molecule has 0 saturated heterocycles. The quantitative estimate of drug-likeness (QED) is 0.899. The summed E-state index contributed by atoms with van der Waals surface area (Å²) in [5.74, 6) is -0.835. The average molecular weight is 259 g/mol. The Morgan fingerprint density at radius 3 is 2.53 bits per heavy atom. The number of unbranched alkanes of at least 4 members (excludes halogenated alkanes) is 1. The summed E-state index contributed by atoms with van der Waals surface area (Å²) in [6.07, 6.45) is 2.17. The van der Waals surface area contributed by atoms with Gasteiger partial charge in [0.15, 0.2) is 0 Å². The molecular formula is C16H21NO2. The minimum absolute atomic E-state index is 0.449. The standard InChI is InChI=1S/C16H21NO2/c1-5-6-9-17-12(4)11(3)13-8-7-10(2)14(15(13)17)16(18)19/h7-8H,5-6,9H2,1-4H3,(H,18,19). The zero-order valence-corrected chi connectivity index (χ0v) is 12.1. The minimum Gasteiger partial charge on any atom is -0.478 e. The summed E-state index contributed by atoms with van der Waals surface area (Å²) in [5.41, 5.74) is 4.53. The second-order valence-corrected chi connectivity index (χ2v) is 5.17. The fourth-order valence-corrected chi connectivity index (χ4v) is 2.71. The first-order valence-corrected chi connectivity index (χ1v) is 6.81. The van der Waals surface area contributed by atoms with Gasteiger partial charge in [0, 0.05) is 17.6 Å². The van der Waals surface area contributed by atoms with Crippen LogP contribution in [0.1, 0.15) is 46.9 Å². The van der Waals surface area contributed by atoms with Crippen molar-refractivity contribution in [2.24, 2.45) is 0 Å². The molecule has 0 amide bonds. The van der Waals surface area contributed by atoms with Crippen molar-refractivity contribution >= 4 is 16.9 Å². The number of rotatable bonds is 4. The molecule has 2 aromatic rings. The molecule has 0 atom stereocenters. The number of carboxylic acids is 1. The molecule has 3 nitrogen and oxygen atoms in total. The molecule has 0 fully saturated rings. The highest BCUT2D eigenvalue weighted by atomic mass is 16.4. The number of aryl methyl sites for hydroxylation is 3. The van der Waals surface area contributed by atoms with E-state index in [1.807, 2.05) is 19.1 Å². The summed E-state index contributed by atoms with van der Waals surface area (Å²) in [5, 5.41) is 10.6. The lowest BCUT2D eigenvalue weighted by Crippen LogP contribution is -2.07. The first-order valence-electron chi connectivity index (χ1n) is 6.81. The van der Waals surface area contributed by atoms with Gasteiger partial charge in [-0.25, -0.2) is 4.79 Å². The number of aromatic nitrogens is 1. The van der Waals surface area contributed by atoms with Gasteiger partial charge in [-0.3, -0.25) is 0 Å². The van der Waals surface area contributed by atoms with Crippen LogP contribution in [0.5, 0.6) is 0 Å². The lowest BCUT2D eigenvalue weighted by Gasteiger charge is -2.11. The molecule has 0 radical (unpaired) electrons. The summed E-state index contributed by atoms with van der Waals surface area (Å²) < 4.78 is 2.17. The molecule has 0 spiro atoms. The number of benzene rings is 1. The van der Waals surface area contributed by atoms with Crippen LogP contribution in [0.3, 0.4) is 0 Å². The molecule has 3 heteroatoms. The number of aromatic carboxylic acids is 1. The molecule has 0 aliphatic carbocycles. The van der Waals surface area contributed by atoms with Crippen LogP contribution >= 0.6 is 0 Å². The van der Waals surface area contributed by atoms with Crippen molar-refractivity contribution in [3.8, 4) is 0 Å². The number of hydrogen-bond acceptors (Lipinski definition) is 1. The van der Waals surface area contributed by atoms with Crippen LogP contribution in [-0.4, -0.2) is 15.6 Å². The van der Waals surface area contributed by atoms with Gasteiger partial charge in [-0.2, -0.15) is 0 Å². The zero-order chi connectivity index (χ0) is 14.2. The average Bonchev–Trinajstić information content (AvgIpc) is 2.59. The van der Waals surface area contributed by atoms with E-state index in [0.29, 0.717) is 5.56 Å². The van der Waals surface area contributed by atoms with Crippen molar-refractivity contribution in [2.45, 2.75) is 47.1 Å². The van der Waals surface area contributed by atoms with Crippen LogP contribution in [0.2, 0.25) is 0 Å². The molecule has 0 bridgehead atoms. The largest absolute Gasteiger partial charge is 0.478 e. The maximum atomic E-state index is 11.6. The van der Waals surface area contributed by atoms with E-state index in [1.165, 1.54) is 11.3 Å². The normalized spacial score (nSPS) is 11.2. The second kappa shape index (κ2) is 5.08. The van der Waals surface area contributed by atoms with Gasteiger partial charge >= 0.3 is 5.97 Å². The smallest absolute Gasteiger partial charge is 0.338 e. The van der Waals surface area contributed by atoms with Gasteiger partial charge in [0.25, 0.3) is 0 Å². The third-order valence-electron chi connectivity index (χ3n) is 3.96. The lowest BCUT2D eigenvalue weighted by atomic mass is 10.0.